The molecule has 0 bridgehead atoms. The molecule has 2 heteroatoms. The summed E-state index contributed by atoms with van der Waals surface area (Å²) in [6.45, 7) is 10.9. The van der Waals surface area contributed by atoms with Crippen LogP contribution in [0.3, 0.4) is 0 Å². The quantitative estimate of drug-likeness (QED) is 0.314. The van der Waals surface area contributed by atoms with Crippen LogP contribution in [0.25, 0.3) is 0 Å². The van der Waals surface area contributed by atoms with Gasteiger partial charge in [0.1, 0.15) is 0 Å². The largest absolute Gasteiger partial charge is 0.303 e. The predicted molar refractivity (Wildman–Crippen MR) is 96.1 cm³/mol. The van der Waals surface area contributed by atoms with Gasteiger partial charge in [0.05, 0.1) is 0 Å². The maximum Gasteiger partial charge on any atom is -0.00187 e. The van der Waals surface area contributed by atoms with Crippen molar-refractivity contribution in [1.29, 1.82) is 0 Å². The fraction of sp³-hybridized carbons (Fsp3) is 1.00. The summed E-state index contributed by atoms with van der Waals surface area (Å²) >= 11 is 0. The molecule has 0 N–H and O–H groups in total. The third kappa shape index (κ3) is 16.3. The van der Waals surface area contributed by atoms with Crippen LogP contribution >= 0.6 is 12.4 Å². The van der Waals surface area contributed by atoms with Crippen molar-refractivity contribution in [2.75, 3.05) is 19.6 Å². The second-order valence-corrected chi connectivity index (χ2v) is 6.02. The van der Waals surface area contributed by atoms with Crippen LogP contribution in [0.5, 0.6) is 0 Å². The van der Waals surface area contributed by atoms with Gasteiger partial charge in [-0.15, -0.1) is 12.4 Å². The highest BCUT2D eigenvalue weighted by atomic mass is 35.5. The molecule has 0 aliphatic heterocycles. The Labute approximate surface area is 135 Å². The van der Waals surface area contributed by atoms with Gasteiger partial charge in [0.15, 0.2) is 0 Å². The summed E-state index contributed by atoms with van der Waals surface area (Å²) in [6, 6.07) is 0. The van der Waals surface area contributed by atoms with Gasteiger partial charge in [0.2, 0.25) is 0 Å². The number of unbranched alkanes of at least 4 members (excludes halogenated alkanes) is 9. The average Bonchev–Trinajstić information content (AvgIpc) is 2.43. The summed E-state index contributed by atoms with van der Waals surface area (Å²) in [7, 11) is 0. The molecule has 1 nitrogen and oxygen atoms in total. The Kier molecular flexibility index (Phi) is 21.7. The first-order valence-electron chi connectivity index (χ1n) is 9.07. The van der Waals surface area contributed by atoms with E-state index in [2.05, 4.69) is 25.7 Å². The molecule has 124 valence electrons. The zero-order valence-electron chi connectivity index (χ0n) is 14.5. The highest BCUT2D eigenvalue weighted by molar-refractivity contribution is 5.85. The highest BCUT2D eigenvalue weighted by Crippen LogP contribution is 2.08. The monoisotopic (exact) mass is 305 g/mol. The molecular formula is C18H40ClN. The number of rotatable bonds is 15. The van der Waals surface area contributed by atoms with Crippen LogP contribution in [0.2, 0.25) is 0 Å². The maximum absolute atomic E-state index is 2.74. The van der Waals surface area contributed by atoms with Gasteiger partial charge >= 0.3 is 0 Å². The van der Waals surface area contributed by atoms with Crippen molar-refractivity contribution in [3.63, 3.8) is 0 Å². The Morgan fingerprint density at radius 1 is 0.450 bits per heavy atom. The molecule has 0 amide bonds. The van der Waals surface area contributed by atoms with Crippen LogP contribution in [0.1, 0.15) is 97.8 Å². The number of halogens is 1. The van der Waals surface area contributed by atoms with E-state index in [0.29, 0.717) is 0 Å². The zero-order valence-corrected chi connectivity index (χ0v) is 15.3. The lowest BCUT2D eigenvalue weighted by atomic mass is 10.1. The molecule has 0 aromatic rings. The zero-order chi connectivity index (χ0) is 14.2. The molecule has 0 aromatic heterocycles. The number of nitrogens with zero attached hydrogens (tertiary/aromatic N) is 1. The molecule has 0 radical (unpaired) electrons. The number of hydrogen-bond acceptors (Lipinski definition) is 1. The molecule has 0 aromatic carbocycles. The summed E-state index contributed by atoms with van der Waals surface area (Å²) in [4.78, 5) is 2.74. The first kappa shape index (κ1) is 22.5. The minimum Gasteiger partial charge on any atom is -0.303 e. The third-order valence-electron chi connectivity index (χ3n) is 3.98. The van der Waals surface area contributed by atoms with E-state index >= 15 is 0 Å². The molecule has 0 spiro atoms. The summed E-state index contributed by atoms with van der Waals surface area (Å²) in [5.74, 6) is 0. The molecule has 0 rings (SSSR count). The van der Waals surface area contributed by atoms with Gasteiger partial charge in [-0.05, 0) is 38.9 Å². The lowest BCUT2D eigenvalue weighted by Crippen LogP contribution is -2.27. The topological polar surface area (TPSA) is 3.24 Å². The van der Waals surface area contributed by atoms with E-state index in [4.69, 9.17) is 0 Å². The van der Waals surface area contributed by atoms with Crippen molar-refractivity contribution in [2.24, 2.45) is 0 Å². The predicted octanol–water partition coefficient (Wildman–Crippen LogP) is 6.45. The lowest BCUT2D eigenvalue weighted by Gasteiger charge is -2.22. The van der Waals surface area contributed by atoms with Gasteiger partial charge in [0.25, 0.3) is 0 Å². The molecule has 0 saturated carbocycles. The molecule has 0 aliphatic rings. The molecule has 0 unspecified atom stereocenters. The van der Waals surface area contributed by atoms with Gasteiger partial charge in [-0.2, -0.15) is 0 Å². The second-order valence-electron chi connectivity index (χ2n) is 6.02. The van der Waals surface area contributed by atoms with Crippen molar-refractivity contribution in [1.82, 2.24) is 4.90 Å². The Bertz CT molecular complexity index is 133. The van der Waals surface area contributed by atoms with Crippen LogP contribution < -0.4 is 0 Å². The minimum absolute atomic E-state index is 0. The first-order valence-corrected chi connectivity index (χ1v) is 9.07. The Hall–Kier alpha value is 0.250. The van der Waals surface area contributed by atoms with E-state index in [1.807, 2.05) is 0 Å². The normalized spacial score (nSPS) is 10.8. The van der Waals surface area contributed by atoms with Gasteiger partial charge in [-0.3, -0.25) is 0 Å². The van der Waals surface area contributed by atoms with Crippen molar-refractivity contribution in [3.8, 4) is 0 Å². The number of hydrogen-bond donors (Lipinski definition) is 0. The molecule has 0 saturated heterocycles. The molecule has 0 aliphatic carbocycles. The van der Waals surface area contributed by atoms with Crippen LogP contribution in [-0.4, -0.2) is 24.5 Å². The van der Waals surface area contributed by atoms with Gasteiger partial charge in [-0.25, -0.2) is 0 Å². The van der Waals surface area contributed by atoms with Crippen LogP contribution in [0.4, 0.5) is 0 Å². The highest BCUT2D eigenvalue weighted by Gasteiger charge is 2.04. The van der Waals surface area contributed by atoms with Crippen molar-refractivity contribution in [3.05, 3.63) is 0 Å². The molecule has 20 heavy (non-hydrogen) atoms. The molecule has 0 fully saturated rings. The van der Waals surface area contributed by atoms with Crippen molar-refractivity contribution in [2.45, 2.75) is 97.8 Å². The first-order chi connectivity index (χ1) is 9.35. The Morgan fingerprint density at radius 2 is 0.750 bits per heavy atom. The van der Waals surface area contributed by atoms with E-state index in [0.717, 1.165) is 0 Å². The maximum atomic E-state index is 2.74. The van der Waals surface area contributed by atoms with Gasteiger partial charge < -0.3 is 4.90 Å². The summed E-state index contributed by atoms with van der Waals surface area (Å²) in [6.07, 6.45) is 16.8. The van der Waals surface area contributed by atoms with E-state index in [9.17, 15) is 0 Å². The Morgan fingerprint density at radius 3 is 1.00 bits per heavy atom. The van der Waals surface area contributed by atoms with Gasteiger partial charge in [0, 0.05) is 0 Å². The molecule has 0 atom stereocenters. The van der Waals surface area contributed by atoms with Crippen molar-refractivity contribution >= 4 is 12.4 Å². The van der Waals surface area contributed by atoms with E-state index < -0.39 is 0 Å². The summed E-state index contributed by atoms with van der Waals surface area (Å²) in [5, 5.41) is 0. The standard InChI is InChI=1S/C18H39N.ClH/c1-4-7-10-13-16-19(17-14-11-8-5-2)18-15-12-9-6-3;/h4-18H2,1-3H3;1H. The van der Waals surface area contributed by atoms with E-state index in [1.165, 1.54) is 96.7 Å². The Balaban J connectivity index is 0. The van der Waals surface area contributed by atoms with E-state index in [-0.39, 0.29) is 12.4 Å². The lowest BCUT2D eigenvalue weighted by molar-refractivity contribution is 0.255. The smallest absolute Gasteiger partial charge is 0.00187 e. The molecular weight excluding hydrogens is 266 g/mol. The summed E-state index contributed by atoms with van der Waals surface area (Å²) in [5.41, 5.74) is 0. The molecule has 0 heterocycles. The fourth-order valence-corrected chi connectivity index (χ4v) is 2.62. The van der Waals surface area contributed by atoms with Gasteiger partial charge in [-0.1, -0.05) is 78.6 Å². The SMILES string of the molecule is CCCCCCN(CCCCCC)CCCCCC.Cl. The summed E-state index contributed by atoms with van der Waals surface area (Å²) < 4.78 is 0. The van der Waals surface area contributed by atoms with Crippen LogP contribution in [0, 0.1) is 0 Å². The third-order valence-corrected chi connectivity index (χ3v) is 3.98. The van der Waals surface area contributed by atoms with Crippen molar-refractivity contribution < 1.29 is 0 Å². The van der Waals surface area contributed by atoms with Crippen LogP contribution in [-0.2, 0) is 0 Å². The minimum atomic E-state index is 0. The van der Waals surface area contributed by atoms with E-state index in [1.54, 1.807) is 0 Å². The fourth-order valence-electron chi connectivity index (χ4n) is 2.62. The second kappa shape index (κ2) is 19.2. The average molecular weight is 306 g/mol. The van der Waals surface area contributed by atoms with Crippen LogP contribution in [0.15, 0.2) is 0 Å².